The van der Waals surface area contributed by atoms with Crippen molar-refractivity contribution >= 4 is 46.6 Å². The molecule has 0 saturated heterocycles. The third-order valence-corrected chi connectivity index (χ3v) is 8.21. The molecule has 0 spiro atoms. The van der Waals surface area contributed by atoms with Crippen molar-refractivity contribution in [2.45, 2.75) is 0 Å². The average molecular weight is 382 g/mol. The van der Waals surface area contributed by atoms with Crippen LogP contribution in [0, 0.1) is 0 Å². The molecule has 23 heavy (non-hydrogen) atoms. The van der Waals surface area contributed by atoms with Gasteiger partial charge in [-0.1, -0.05) is 36.4 Å². The number of hydrogen-bond acceptors (Lipinski definition) is 1. The number of hydrogen-bond donors (Lipinski definition) is 0. The molecular weight excluding hydrogens is 366 g/mol. The molecule has 3 aromatic rings. The van der Waals surface area contributed by atoms with Crippen LogP contribution in [0.3, 0.4) is 0 Å². The van der Waals surface area contributed by atoms with Gasteiger partial charge in [0.15, 0.2) is 0 Å². The van der Waals surface area contributed by atoms with Gasteiger partial charge in [-0.15, -0.1) is 0 Å². The Kier molecular flexibility index (Phi) is 4.89. The first-order valence-corrected chi connectivity index (χ1v) is 9.94. The fourth-order valence-electron chi connectivity index (χ4n) is 2.66. The Labute approximate surface area is 147 Å². The number of rotatable bonds is 4. The van der Waals surface area contributed by atoms with E-state index in [1.54, 1.807) is 7.11 Å². The van der Waals surface area contributed by atoms with E-state index in [-0.39, 0.29) is 0 Å². The van der Waals surface area contributed by atoms with Crippen LogP contribution >= 0.6 is 23.1 Å². The Morgan fingerprint density at radius 2 is 1.48 bits per heavy atom. The summed E-state index contributed by atoms with van der Waals surface area (Å²) in [5, 5.41) is 3.36. The van der Waals surface area contributed by atoms with Crippen molar-refractivity contribution in [2.75, 3.05) is 7.11 Å². The standard InChI is InChI=1S/C19H16BBrOP/c1-22-15-8-7-11-17(14-15)23(20,16-9-3-2-4-10-16)19-13-6-5-12-18(19)21/h2-14H,1H3/q+1. The molecule has 0 aliphatic heterocycles. The number of methoxy groups -OCH3 is 1. The normalized spacial score (nSPS) is 13.3. The summed E-state index contributed by atoms with van der Waals surface area (Å²) in [4.78, 5) is 0. The average Bonchev–Trinajstić information content (AvgIpc) is 2.62. The molecule has 0 bridgehead atoms. The highest BCUT2D eigenvalue weighted by Gasteiger charge is 2.41. The summed E-state index contributed by atoms with van der Waals surface area (Å²) in [6, 6.07) is 26.5. The Morgan fingerprint density at radius 3 is 2.17 bits per heavy atom. The predicted octanol–water partition coefficient (Wildman–Crippen LogP) is 3.84. The van der Waals surface area contributed by atoms with Crippen molar-refractivity contribution in [1.29, 1.82) is 0 Å². The highest BCUT2D eigenvalue weighted by Crippen LogP contribution is 2.52. The van der Waals surface area contributed by atoms with E-state index in [9.17, 15) is 0 Å². The molecule has 3 aromatic carbocycles. The van der Waals surface area contributed by atoms with Crippen LogP contribution in [0.4, 0.5) is 0 Å². The first kappa shape index (κ1) is 16.3. The van der Waals surface area contributed by atoms with Gasteiger partial charge in [-0.25, -0.2) is 0 Å². The maximum atomic E-state index is 7.11. The molecule has 1 unspecified atom stereocenters. The van der Waals surface area contributed by atoms with E-state index in [2.05, 4.69) is 40.2 Å². The largest absolute Gasteiger partial charge is 0.497 e. The quantitative estimate of drug-likeness (QED) is 0.493. The molecule has 0 N–H and O–H groups in total. The molecule has 0 amide bonds. The predicted molar refractivity (Wildman–Crippen MR) is 105 cm³/mol. The highest BCUT2D eigenvalue weighted by molar-refractivity contribution is 9.10. The van der Waals surface area contributed by atoms with Crippen molar-refractivity contribution in [2.24, 2.45) is 0 Å². The Hall–Kier alpha value is -1.57. The molecule has 0 heterocycles. The molecule has 0 aliphatic rings. The highest BCUT2D eigenvalue weighted by atomic mass is 79.9. The molecule has 1 atom stereocenters. The lowest BCUT2D eigenvalue weighted by atomic mass is 10.3. The summed E-state index contributed by atoms with van der Waals surface area (Å²) in [6.07, 6.45) is 0. The van der Waals surface area contributed by atoms with Gasteiger partial charge in [0.05, 0.1) is 29.3 Å². The van der Waals surface area contributed by atoms with Crippen LogP contribution in [0.15, 0.2) is 83.3 Å². The SMILES string of the molecule is [B][P+](c1ccccc1)(c1cccc(OC)c1)c1ccccc1Br. The minimum absolute atomic E-state index is 0.820. The number of benzene rings is 3. The van der Waals surface area contributed by atoms with Gasteiger partial charge in [0.2, 0.25) is 0 Å². The van der Waals surface area contributed by atoms with Gasteiger partial charge in [-0.05, 0) is 52.3 Å². The Balaban J connectivity index is 2.28. The van der Waals surface area contributed by atoms with E-state index in [1.165, 1.54) is 0 Å². The van der Waals surface area contributed by atoms with Gasteiger partial charge in [0.25, 0.3) is 0 Å². The number of ether oxygens (including phenoxy) is 1. The van der Waals surface area contributed by atoms with Crippen molar-refractivity contribution < 1.29 is 4.74 Å². The molecular formula is C19H16BBrOP+. The van der Waals surface area contributed by atoms with Gasteiger partial charge in [-0.3, -0.25) is 0 Å². The van der Waals surface area contributed by atoms with Crippen LogP contribution in [-0.2, 0) is 0 Å². The summed E-state index contributed by atoms with van der Waals surface area (Å²) < 4.78 is 6.43. The van der Waals surface area contributed by atoms with E-state index < -0.39 is 7.14 Å². The molecule has 4 heteroatoms. The summed E-state index contributed by atoms with van der Waals surface area (Å²) >= 11 is 3.68. The smallest absolute Gasteiger partial charge is 0.383 e. The maximum Gasteiger partial charge on any atom is 0.383 e. The fraction of sp³-hybridized carbons (Fsp3) is 0.0526. The Bertz CT molecular complexity index is 809. The molecule has 0 fully saturated rings. The van der Waals surface area contributed by atoms with Gasteiger partial charge in [-0.2, -0.15) is 0 Å². The third-order valence-electron chi connectivity index (χ3n) is 3.86. The van der Waals surface area contributed by atoms with Crippen LogP contribution in [0.2, 0.25) is 0 Å². The Morgan fingerprint density at radius 1 is 0.826 bits per heavy atom. The second-order valence-corrected chi connectivity index (χ2v) is 9.03. The molecule has 2 radical (unpaired) electrons. The van der Waals surface area contributed by atoms with Crippen molar-refractivity contribution in [3.63, 3.8) is 0 Å². The van der Waals surface area contributed by atoms with E-state index >= 15 is 0 Å². The lowest BCUT2D eigenvalue weighted by Crippen LogP contribution is -2.32. The third kappa shape index (κ3) is 3.09. The minimum Gasteiger partial charge on any atom is -0.497 e. The minimum atomic E-state index is -2.23. The topological polar surface area (TPSA) is 9.23 Å². The monoisotopic (exact) mass is 381 g/mol. The van der Waals surface area contributed by atoms with Gasteiger partial charge in [0.1, 0.15) is 11.1 Å². The van der Waals surface area contributed by atoms with E-state index in [4.69, 9.17) is 12.3 Å². The fourth-order valence-corrected chi connectivity index (χ4v) is 6.66. The second kappa shape index (κ2) is 6.90. The van der Waals surface area contributed by atoms with E-state index in [0.717, 1.165) is 26.1 Å². The molecule has 0 saturated carbocycles. The molecule has 0 aromatic heterocycles. The summed E-state index contributed by atoms with van der Waals surface area (Å²) in [5.74, 6) is 0.820. The lowest BCUT2D eigenvalue weighted by Gasteiger charge is -2.25. The second-order valence-electron chi connectivity index (χ2n) is 5.21. The van der Waals surface area contributed by atoms with Gasteiger partial charge in [0, 0.05) is 6.07 Å². The first-order chi connectivity index (χ1) is 11.2. The van der Waals surface area contributed by atoms with E-state index in [1.807, 2.05) is 54.6 Å². The van der Waals surface area contributed by atoms with Crippen LogP contribution in [0.1, 0.15) is 0 Å². The van der Waals surface area contributed by atoms with Crippen LogP contribution in [0.25, 0.3) is 0 Å². The van der Waals surface area contributed by atoms with E-state index in [0.29, 0.717) is 0 Å². The van der Waals surface area contributed by atoms with Gasteiger partial charge < -0.3 is 4.74 Å². The van der Waals surface area contributed by atoms with Crippen molar-refractivity contribution in [3.05, 3.63) is 83.3 Å². The summed E-state index contributed by atoms with van der Waals surface area (Å²) in [7, 11) is 6.56. The lowest BCUT2D eigenvalue weighted by molar-refractivity contribution is 0.415. The summed E-state index contributed by atoms with van der Waals surface area (Å²) in [6.45, 7) is 0. The van der Waals surface area contributed by atoms with Crippen molar-refractivity contribution in [3.8, 4) is 5.75 Å². The molecule has 0 aliphatic carbocycles. The number of halogens is 1. The maximum absolute atomic E-state index is 7.11. The molecule has 3 rings (SSSR count). The van der Waals surface area contributed by atoms with Gasteiger partial charge >= 0.3 is 7.57 Å². The van der Waals surface area contributed by atoms with Crippen LogP contribution in [0.5, 0.6) is 5.75 Å². The molecule has 112 valence electrons. The molecule has 1 nitrogen and oxygen atoms in total. The summed E-state index contributed by atoms with van der Waals surface area (Å²) in [5.41, 5.74) is 0. The van der Waals surface area contributed by atoms with Crippen LogP contribution in [-0.4, -0.2) is 14.7 Å². The zero-order chi connectivity index (χ0) is 16.3. The van der Waals surface area contributed by atoms with Crippen molar-refractivity contribution in [1.82, 2.24) is 0 Å². The zero-order valence-electron chi connectivity index (χ0n) is 12.8. The zero-order valence-corrected chi connectivity index (χ0v) is 15.3. The first-order valence-electron chi connectivity index (χ1n) is 7.29. The van der Waals surface area contributed by atoms with Crippen LogP contribution < -0.4 is 20.7 Å².